The predicted molar refractivity (Wildman–Crippen MR) is 208 cm³/mol. The van der Waals surface area contributed by atoms with Crippen LogP contribution in [0.15, 0.2) is 54.6 Å². The van der Waals surface area contributed by atoms with E-state index in [0.717, 1.165) is 11.1 Å². The average molecular weight is 767 g/mol. The fourth-order valence-electron chi connectivity index (χ4n) is 7.87. The van der Waals surface area contributed by atoms with Crippen LogP contribution < -0.4 is 27.0 Å². The van der Waals surface area contributed by atoms with Crippen LogP contribution in [0.5, 0.6) is 0 Å². The number of hydrogen-bond donors (Lipinski definition) is 4. The summed E-state index contributed by atoms with van der Waals surface area (Å²) in [6.45, 7) is 6.12. The second-order valence-electron chi connectivity index (χ2n) is 15.8. The molecule has 2 aromatic rings. The van der Waals surface area contributed by atoms with E-state index in [1.165, 1.54) is 27.6 Å². The molecule has 2 saturated heterocycles. The van der Waals surface area contributed by atoms with Gasteiger partial charge in [-0.2, -0.15) is 17.0 Å². The topological polar surface area (TPSA) is 191 Å². The normalized spacial score (nSPS) is 20.3. The summed E-state index contributed by atoms with van der Waals surface area (Å²) in [5.74, 6) is -1.51. The Morgan fingerprint density at radius 2 is 1.56 bits per heavy atom. The maximum atomic E-state index is 14.4. The van der Waals surface area contributed by atoms with Crippen molar-refractivity contribution in [2.45, 2.75) is 89.4 Å². The lowest BCUT2D eigenvalue weighted by molar-refractivity contribution is -0.150. The van der Waals surface area contributed by atoms with E-state index in [4.69, 9.17) is 11.5 Å². The Bertz CT molecular complexity index is 1740. The predicted octanol–water partition coefficient (Wildman–Crippen LogP) is 1.39. The van der Waals surface area contributed by atoms with Crippen LogP contribution in [0, 0.1) is 11.3 Å². The third-order valence-corrected chi connectivity index (χ3v) is 12.9. The van der Waals surface area contributed by atoms with Gasteiger partial charge in [0.25, 0.3) is 10.2 Å². The van der Waals surface area contributed by atoms with Gasteiger partial charge in [-0.25, -0.2) is 0 Å². The summed E-state index contributed by atoms with van der Waals surface area (Å²) >= 11 is 0. The SMILES string of the molecule is CC(C)C[C@@H](NC(=O)[C@@H](Cc1ccccc1)N1C(=O)[C@H](N)Cc2ccccc21)C(=O)N[C@H](CCCCN)C(=O)N1CC2(CCN(S(=O)(=O)N(C)C)CC2)C1. The summed E-state index contributed by atoms with van der Waals surface area (Å²) in [7, 11) is -0.460. The standard InChI is InChI=1S/C39H58N8O6S/c1-27(2)22-32(43-36(49)34(23-28-12-6-5-7-13-28)47-33-16-9-8-14-29(33)24-30(41)37(47)50)35(48)42-31(15-10-11-19-40)38(51)45-25-39(26-45)17-20-46(21-18-39)54(52,53)44(3)4/h5-9,12-14,16,27,30-32,34H,10-11,15,17-26,40-41H2,1-4H3,(H,42,48)(H,43,49)/t30-,31-,32-,34-/m1/s1. The third kappa shape index (κ3) is 9.48. The Balaban J connectivity index is 1.32. The van der Waals surface area contributed by atoms with Crippen molar-refractivity contribution in [2.24, 2.45) is 22.8 Å². The number of anilines is 1. The molecule has 5 rings (SSSR count). The molecule has 0 unspecified atom stereocenters. The minimum absolute atomic E-state index is 0.0169. The molecule has 4 amide bonds. The molecule has 4 atom stereocenters. The fraction of sp³-hybridized carbons (Fsp3) is 0.590. The van der Waals surface area contributed by atoms with Gasteiger partial charge in [-0.15, -0.1) is 0 Å². The van der Waals surface area contributed by atoms with Crippen molar-refractivity contribution in [3.63, 3.8) is 0 Å². The van der Waals surface area contributed by atoms with Gasteiger partial charge in [0.2, 0.25) is 23.6 Å². The summed E-state index contributed by atoms with van der Waals surface area (Å²) in [4.78, 5) is 59.5. The zero-order valence-electron chi connectivity index (χ0n) is 32.1. The van der Waals surface area contributed by atoms with Gasteiger partial charge in [-0.05, 0) is 74.6 Å². The molecule has 3 heterocycles. The lowest BCUT2D eigenvalue weighted by Gasteiger charge is -2.54. The van der Waals surface area contributed by atoms with E-state index in [9.17, 15) is 27.6 Å². The number of nitrogens with two attached hydrogens (primary N) is 2. The molecule has 0 radical (unpaired) electrons. The first-order chi connectivity index (χ1) is 25.7. The molecular weight excluding hydrogens is 709 g/mol. The highest BCUT2D eigenvalue weighted by Crippen LogP contribution is 2.41. The van der Waals surface area contributed by atoms with Crippen molar-refractivity contribution in [1.82, 2.24) is 24.1 Å². The zero-order chi connectivity index (χ0) is 39.2. The first-order valence-electron chi connectivity index (χ1n) is 19.1. The fourth-order valence-corrected chi connectivity index (χ4v) is 8.98. The number of carbonyl (C=O) groups is 4. The van der Waals surface area contributed by atoms with Gasteiger partial charge >= 0.3 is 0 Å². The molecule has 296 valence electrons. The minimum Gasteiger partial charge on any atom is -0.343 e. The second kappa shape index (κ2) is 17.7. The van der Waals surface area contributed by atoms with Gasteiger partial charge in [0.15, 0.2) is 0 Å². The smallest absolute Gasteiger partial charge is 0.281 e. The third-order valence-electron chi connectivity index (χ3n) is 11.0. The van der Waals surface area contributed by atoms with E-state index in [2.05, 4.69) is 10.6 Å². The van der Waals surface area contributed by atoms with Crippen LogP contribution in [-0.4, -0.2) is 117 Å². The maximum absolute atomic E-state index is 14.4. The summed E-state index contributed by atoms with van der Waals surface area (Å²) in [5, 5.41) is 5.97. The number of carbonyl (C=O) groups excluding carboxylic acids is 4. The quantitative estimate of drug-likeness (QED) is 0.184. The molecule has 3 aliphatic rings. The number of para-hydroxylation sites is 1. The van der Waals surface area contributed by atoms with E-state index in [1.54, 1.807) is 4.90 Å². The van der Waals surface area contributed by atoms with Crippen LogP contribution in [0.25, 0.3) is 0 Å². The number of benzene rings is 2. The van der Waals surface area contributed by atoms with Crippen LogP contribution in [-0.2, 0) is 42.2 Å². The first-order valence-corrected chi connectivity index (χ1v) is 20.5. The summed E-state index contributed by atoms with van der Waals surface area (Å²) < 4.78 is 28.0. The Labute approximate surface area is 320 Å². The summed E-state index contributed by atoms with van der Waals surface area (Å²) in [5.41, 5.74) is 14.3. The van der Waals surface area contributed by atoms with E-state index < -0.39 is 46.2 Å². The van der Waals surface area contributed by atoms with Crippen LogP contribution in [0.2, 0.25) is 0 Å². The van der Waals surface area contributed by atoms with Crippen molar-refractivity contribution >= 4 is 39.5 Å². The lowest BCUT2D eigenvalue weighted by Crippen LogP contribution is -2.66. The molecular formula is C39H58N8O6S. The number of unbranched alkanes of at least 4 members (excludes halogenated alkanes) is 1. The molecule has 0 saturated carbocycles. The molecule has 15 heteroatoms. The number of nitrogens with zero attached hydrogens (tertiary/aromatic N) is 4. The van der Waals surface area contributed by atoms with Crippen LogP contribution in [0.1, 0.15) is 63.5 Å². The van der Waals surface area contributed by atoms with E-state index in [0.29, 0.717) is 83.4 Å². The van der Waals surface area contributed by atoms with E-state index >= 15 is 0 Å². The summed E-state index contributed by atoms with van der Waals surface area (Å²) in [6.07, 6.45) is 3.86. The largest absolute Gasteiger partial charge is 0.343 e. The van der Waals surface area contributed by atoms with E-state index in [1.807, 2.05) is 68.4 Å². The molecule has 2 fully saturated rings. The molecule has 3 aliphatic heterocycles. The molecule has 0 aromatic heterocycles. The van der Waals surface area contributed by atoms with Crippen LogP contribution >= 0.6 is 0 Å². The number of amides is 4. The van der Waals surface area contributed by atoms with Gasteiger partial charge in [0.1, 0.15) is 18.1 Å². The highest BCUT2D eigenvalue weighted by molar-refractivity contribution is 7.86. The molecule has 14 nitrogen and oxygen atoms in total. The number of likely N-dealkylation sites (tertiary alicyclic amines) is 1. The highest BCUT2D eigenvalue weighted by atomic mass is 32.2. The average Bonchev–Trinajstić information content (AvgIpc) is 3.13. The van der Waals surface area contributed by atoms with Crippen molar-refractivity contribution in [1.29, 1.82) is 0 Å². The number of hydrogen-bond acceptors (Lipinski definition) is 8. The van der Waals surface area contributed by atoms with Crippen molar-refractivity contribution in [3.8, 4) is 0 Å². The molecule has 0 aliphatic carbocycles. The maximum Gasteiger partial charge on any atom is 0.281 e. The van der Waals surface area contributed by atoms with Crippen molar-refractivity contribution in [3.05, 3.63) is 65.7 Å². The van der Waals surface area contributed by atoms with E-state index in [-0.39, 0.29) is 29.6 Å². The monoisotopic (exact) mass is 766 g/mol. The Hall–Kier alpha value is -3.89. The highest BCUT2D eigenvalue weighted by Gasteiger charge is 2.49. The minimum atomic E-state index is -3.50. The molecule has 54 heavy (non-hydrogen) atoms. The second-order valence-corrected chi connectivity index (χ2v) is 17.9. The molecule has 0 bridgehead atoms. The van der Waals surface area contributed by atoms with Gasteiger partial charge in [-0.3, -0.25) is 24.1 Å². The summed E-state index contributed by atoms with van der Waals surface area (Å²) in [6, 6.07) is 13.2. The molecule has 2 aromatic carbocycles. The Kier molecular flexibility index (Phi) is 13.5. The van der Waals surface area contributed by atoms with Gasteiger partial charge in [-0.1, -0.05) is 62.4 Å². The van der Waals surface area contributed by atoms with Crippen molar-refractivity contribution in [2.75, 3.05) is 51.7 Å². The molecule has 1 spiro atoms. The number of fused-ring (bicyclic) bond motifs is 1. The van der Waals surface area contributed by atoms with Crippen LogP contribution in [0.4, 0.5) is 5.69 Å². The molecule has 6 N–H and O–H groups in total. The number of nitrogens with one attached hydrogen (secondary N) is 2. The van der Waals surface area contributed by atoms with Gasteiger partial charge < -0.3 is 27.0 Å². The number of piperidine rings is 1. The van der Waals surface area contributed by atoms with Gasteiger partial charge in [0.05, 0.1) is 6.04 Å². The van der Waals surface area contributed by atoms with Crippen molar-refractivity contribution < 1.29 is 27.6 Å². The lowest BCUT2D eigenvalue weighted by atomic mass is 9.72. The number of rotatable bonds is 16. The first kappa shape index (κ1) is 41.3. The zero-order valence-corrected chi connectivity index (χ0v) is 32.9. The Morgan fingerprint density at radius 3 is 2.19 bits per heavy atom. The van der Waals surface area contributed by atoms with Gasteiger partial charge in [0, 0.05) is 57.8 Å². The van der Waals surface area contributed by atoms with Crippen LogP contribution in [0.3, 0.4) is 0 Å². The Morgan fingerprint density at radius 1 is 0.926 bits per heavy atom.